The number of fused-ring (bicyclic) bond motifs is 3. The lowest BCUT2D eigenvalue weighted by atomic mass is 10.1. The number of ether oxygens (including phenoxy) is 2. The second kappa shape index (κ2) is 7.13. The number of nitrogens with two attached hydrogens (primary N) is 1. The molecule has 3 N–H and O–H groups in total. The fourth-order valence-corrected chi connectivity index (χ4v) is 3.04. The van der Waals surface area contributed by atoms with E-state index in [2.05, 4.69) is 15.7 Å². The van der Waals surface area contributed by atoms with Gasteiger partial charge in [0.15, 0.2) is 7.23 Å². The maximum Gasteiger partial charge on any atom is 0.337 e. The minimum atomic E-state index is -0.995. The van der Waals surface area contributed by atoms with E-state index in [0.29, 0.717) is 34.5 Å². The summed E-state index contributed by atoms with van der Waals surface area (Å²) in [5.41, 5.74) is 3.44. The number of rotatable bonds is 7. The summed E-state index contributed by atoms with van der Waals surface area (Å²) in [5.74, 6) is 0.421. The van der Waals surface area contributed by atoms with Gasteiger partial charge in [-0.15, -0.1) is 0 Å². The number of hydrogen-bond acceptors (Lipinski definition) is 7. The summed E-state index contributed by atoms with van der Waals surface area (Å²) in [4.78, 5) is 20.9. The van der Waals surface area contributed by atoms with Crippen LogP contribution in [0.15, 0.2) is 18.2 Å². The molecule has 0 bridgehead atoms. The molecule has 0 saturated carbocycles. The van der Waals surface area contributed by atoms with Crippen molar-refractivity contribution in [3.63, 3.8) is 0 Å². The van der Waals surface area contributed by atoms with Gasteiger partial charge in [-0.25, -0.2) is 14.8 Å². The van der Waals surface area contributed by atoms with Crippen LogP contribution in [0.5, 0.6) is 0 Å². The number of methoxy groups -OCH3 is 1. The normalized spacial score (nSPS) is 12.4. The largest absolute Gasteiger partial charge is 0.465 e. The third-order valence-electron chi connectivity index (χ3n) is 4.16. The second-order valence-corrected chi connectivity index (χ2v) is 6.94. The highest BCUT2D eigenvalue weighted by Gasteiger charge is 2.23. The minimum absolute atomic E-state index is 0.261. The molecule has 0 aliphatic rings. The Balaban J connectivity index is 2.34. The molecule has 0 atom stereocenters. The average molecular weight is 374 g/mol. The van der Waals surface area contributed by atoms with Gasteiger partial charge in [-0.2, -0.15) is 0 Å². The molecule has 0 saturated heterocycles. The van der Waals surface area contributed by atoms with E-state index >= 15 is 0 Å². The number of aliphatic hydroxyl groups is 1. The number of hydrogen-bond donors (Lipinski definition) is 2. The maximum absolute atomic E-state index is 11.9. The van der Waals surface area contributed by atoms with Crippen molar-refractivity contribution in [2.45, 2.75) is 39.5 Å². The van der Waals surface area contributed by atoms with Crippen LogP contribution in [0.4, 0.5) is 5.82 Å². The third-order valence-corrected chi connectivity index (χ3v) is 4.16. The number of carbonyl (C=O) groups excluding carboxylic acids is 1. The third kappa shape index (κ3) is 3.72. The van der Waals surface area contributed by atoms with Gasteiger partial charge in [-0.3, -0.25) is 0 Å². The van der Waals surface area contributed by atoms with Crippen LogP contribution in [0, 0.1) is 0 Å². The molecule has 2 aromatic heterocycles. The van der Waals surface area contributed by atoms with Gasteiger partial charge in [-0.05, 0) is 39.0 Å². The molecule has 0 radical (unpaired) electrons. The molecular formula is C19H24N4O4. The summed E-state index contributed by atoms with van der Waals surface area (Å²) in [7, 11) is 1.32. The van der Waals surface area contributed by atoms with Gasteiger partial charge in [0.1, 0.15) is 17.9 Å². The number of nitrogens with zero attached hydrogens (tertiary/aromatic N) is 3. The van der Waals surface area contributed by atoms with Crippen molar-refractivity contribution in [1.82, 2.24) is 14.5 Å². The first-order valence-electron chi connectivity index (χ1n) is 9.18. The van der Waals surface area contributed by atoms with Crippen molar-refractivity contribution in [3.05, 3.63) is 29.6 Å². The number of imidazole rings is 1. The van der Waals surface area contributed by atoms with Gasteiger partial charge in [0.2, 0.25) is 0 Å². The minimum Gasteiger partial charge on any atom is -0.465 e. The monoisotopic (exact) mass is 374 g/mol. The lowest BCUT2D eigenvalue weighted by molar-refractivity contribution is 0.0580. The SMILES string of the molecule is [3H]Nc1nc2cc(C(=O)OC)ccc2c2c1nc(COCC)n2CC(C)(C)O. The fourth-order valence-electron chi connectivity index (χ4n) is 3.04. The van der Waals surface area contributed by atoms with Crippen LogP contribution in [0.2, 0.25) is 1.41 Å². The molecule has 0 amide bonds. The highest BCUT2D eigenvalue weighted by molar-refractivity contribution is 6.08. The van der Waals surface area contributed by atoms with Crippen molar-refractivity contribution < 1.29 is 20.8 Å². The molecule has 0 fully saturated rings. The van der Waals surface area contributed by atoms with Gasteiger partial charge < -0.3 is 24.9 Å². The van der Waals surface area contributed by atoms with E-state index < -0.39 is 11.6 Å². The Morgan fingerprint density at radius 1 is 1.41 bits per heavy atom. The summed E-state index contributed by atoms with van der Waals surface area (Å²) in [6, 6.07) is 5.05. The summed E-state index contributed by atoms with van der Waals surface area (Å²) in [6.07, 6.45) is 0. The highest BCUT2D eigenvalue weighted by atomic mass is 16.5. The molecular weight excluding hydrogens is 348 g/mol. The Morgan fingerprint density at radius 2 is 2.19 bits per heavy atom. The van der Waals surface area contributed by atoms with Crippen LogP contribution >= 0.6 is 0 Å². The first-order chi connectivity index (χ1) is 13.3. The number of esters is 1. The van der Waals surface area contributed by atoms with Gasteiger partial charge in [0.25, 0.3) is 0 Å². The van der Waals surface area contributed by atoms with E-state index in [4.69, 9.17) is 10.9 Å². The molecule has 8 nitrogen and oxygen atoms in total. The molecule has 0 spiro atoms. The topological polar surface area (TPSA) is 112 Å². The Bertz CT molecular complexity index is 1030. The first kappa shape index (κ1) is 17.7. The molecule has 0 aliphatic heterocycles. The van der Waals surface area contributed by atoms with E-state index in [9.17, 15) is 9.90 Å². The predicted molar refractivity (Wildman–Crippen MR) is 102 cm³/mol. The van der Waals surface area contributed by atoms with Gasteiger partial charge >= 0.3 is 5.97 Å². The van der Waals surface area contributed by atoms with Crippen LogP contribution in [-0.4, -0.2) is 44.9 Å². The van der Waals surface area contributed by atoms with Crippen molar-refractivity contribution in [1.29, 1.82) is 0 Å². The van der Waals surface area contributed by atoms with E-state index in [1.165, 1.54) is 7.11 Å². The number of aromatic nitrogens is 3. The van der Waals surface area contributed by atoms with Crippen molar-refractivity contribution >= 4 is 33.7 Å². The smallest absolute Gasteiger partial charge is 0.337 e. The van der Waals surface area contributed by atoms with Crippen molar-refractivity contribution in [2.24, 2.45) is 0 Å². The van der Waals surface area contributed by atoms with Crippen LogP contribution in [0.25, 0.3) is 21.9 Å². The second-order valence-electron chi connectivity index (χ2n) is 6.94. The molecule has 8 heteroatoms. The van der Waals surface area contributed by atoms with Gasteiger partial charge in [-0.1, -0.05) is 0 Å². The average Bonchev–Trinajstić information content (AvgIpc) is 3.01. The van der Waals surface area contributed by atoms with E-state index in [-0.39, 0.29) is 19.0 Å². The van der Waals surface area contributed by atoms with Crippen molar-refractivity contribution in [3.8, 4) is 0 Å². The Kier molecular flexibility index (Phi) is 4.67. The van der Waals surface area contributed by atoms with E-state index in [0.717, 1.165) is 5.39 Å². The summed E-state index contributed by atoms with van der Waals surface area (Å²) in [6.45, 7) is 6.39. The number of benzene rings is 1. The number of pyridine rings is 1. The lowest BCUT2D eigenvalue weighted by Gasteiger charge is -2.20. The maximum atomic E-state index is 11.9. The van der Waals surface area contributed by atoms with Gasteiger partial charge in [0, 0.05) is 12.0 Å². The summed E-state index contributed by atoms with van der Waals surface area (Å²) < 4.78 is 19.8. The molecule has 0 unspecified atom stereocenters. The van der Waals surface area contributed by atoms with Gasteiger partial charge in [0.05, 0.1) is 35.9 Å². The van der Waals surface area contributed by atoms with Crippen LogP contribution < -0.4 is 5.73 Å². The summed E-state index contributed by atoms with van der Waals surface area (Å²) in [5, 5.41) is 11.2. The van der Waals surface area contributed by atoms with E-state index in [1.54, 1.807) is 32.0 Å². The Hall–Kier alpha value is -2.71. The Labute approximate surface area is 158 Å². The predicted octanol–water partition coefficient (Wildman–Crippen LogP) is 2.26. The molecule has 3 rings (SSSR count). The fraction of sp³-hybridized carbons (Fsp3) is 0.421. The molecule has 0 aliphatic carbocycles. The van der Waals surface area contributed by atoms with E-state index in [1.807, 2.05) is 11.5 Å². The standard InChI is InChI=1S/C19H24N4O4/c1-5-27-9-14-22-15-16(23(14)10-19(2,3)25)12-7-6-11(18(24)26-4)8-13(12)21-17(15)20/h6-8,25H,5,9-10H2,1-4H3,(H2,20,21)/i/hT. The molecule has 144 valence electrons. The number of anilines is 1. The summed E-state index contributed by atoms with van der Waals surface area (Å²) >= 11 is 0. The molecule has 27 heavy (non-hydrogen) atoms. The number of nitrogen functional groups attached to an aromatic ring is 1. The highest BCUT2D eigenvalue weighted by Crippen LogP contribution is 2.31. The zero-order valence-electron chi connectivity index (χ0n) is 16.9. The zero-order valence-corrected chi connectivity index (χ0v) is 15.9. The van der Waals surface area contributed by atoms with Crippen molar-refractivity contribution in [2.75, 3.05) is 19.4 Å². The zero-order chi connectivity index (χ0) is 20.5. The molecule has 2 heterocycles. The molecule has 1 aromatic carbocycles. The molecule has 3 aromatic rings. The van der Waals surface area contributed by atoms with Crippen LogP contribution in [-0.2, 0) is 22.6 Å². The van der Waals surface area contributed by atoms with Crippen LogP contribution in [0.3, 0.4) is 0 Å². The first-order valence-corrected chi connectivity index (χ1v) is 8.68. The Morgan fingerprint density at radius 3 is 2.81 bits per heavy atom. The quantitative estimate of drug-likeness (QED) is 0.610. The number of carbonyl (C=O) groups is 1. The lowest BCUT2D eigenvalue weighted by Crippen LogP contribution is -2.27. The van der Waals surface area contributed by atoms with Crippen LogP contribution in [0.1, 0.15) is 37.0 Å².